The van der Waals surface area contributed by atoms with Crippen LogP contribution in [0, 0.1) is 5.82 Å². The number of ether oxygens (including phenoxy) is 1. The number of hydrogen-bond acceptors (Lipinski definition) is 6. The molecule has 1 saturated carbocycles. The molecule has 1 aromatic rings. The number of aliphatic imine (C=N–C) groups is 1. The summed E-state index contributed by atoms with van der Waals surface area (Å²) in [5.74, 6) is -0.880. The molecule has 1 fully saturated rings. The van der Waals surface area contributed by atoms with Crippen LogP contribution in [0.25, 0.3) is 0 Å². The van der Waals surface area contributed by atoms with Gasteiger partial charge in [-0.05, 0) is 42.4 Å². The molecule has 0 radical (unpaired) electrons. The standard InChI is InChI=1S/C21H22FN3O3S/c1-3-16-18(20(27)28-2)19(12-4-6-13(22)7-5-12)25-15(11-29-21(25)24-16)10-17(26)23-14-8-9-14/h4-7,11,14,19H,3,8-10H2,1-2H3,(H,23,26). The molecule has 1 N–H and O–H groups in total. The van der Waals surface area contributed by atoms with E-state index in [-0.39, 0.29) is 24.2 Å². The molecule has 29 heavy (non-hydrogen) atoms. The minimum Gasteiger partial charge on any atom is -0.466 e. The summed E-state index contributed by atoms with van der Waals surface area (Å²) in [5, 5.41) is 5.60. The van der Waals surface area contributed by atoms with E-state index in [4.69, 9.17) is 4.74 Å². The molecule has 1 aliphatic carbocycles. The second kappa shape index (κ2) is 8.02. The smallest absolute Gasteiger partial charge is 0.338 e. The van der Waals surface area contributed by atoms with Gasteiger partial charge >= 0.3 is 5.97 Å². The highest BCUT2D eigenvalue weighted by Crippen LogP contribution is 2.45. The summed E-state index contributed by atoms with van der Waals surface area (Å²) in [5.41, 5.74) is 2.56. The molecular weight excluding hydrogens is 393 g/mol. The van der Waals surface area contributed by atoms with Gasteiger partial charge in [-0.2, -0.15) is 0 Å². The third-order valence-corrected chi connectivity index (χ3v) is 5.99. The molecule has 0 aromatic heterocycles. The number of carbonyl (C=O) groups excluding carboxylic acids is 2. The maximum Gasteiger partial charge on any atom is 0.338 e. The van der Waals surface area contributed by atoms with Gasteiger partial charge in [-0.15, -0.1) is 0 Å². The summed E-state index contributed by atoms with van der Waals surface area (Å²) < 4.78 is 18.6. The molecule has 0 bridgehead atoms. The van der Waals surface area contributed by atoms with E-state index in [2.05, 4.69) is 10.3 Å². The number of thioether (sulfide) groups is 1. The van der Waals surface area contributed by atoms with E-state index in [9.17, 15) is 14.0 Å². The van der Waals surface area contributed by atoms with Gasteiger partial charge in [-0.3, -0.25) is 4.79 Å². The number of esters is 1. The molecule has 1 aromatic carbocycles. The van der Waals surface area contributed by atoms with Gasteiger partial charge in [0, 0.05) is 11.7 Å². The van der Waals surface area contributed by atoms with Gasteiger partial charge in [0.25, 0.3) is 0 Å². The first-order valence-electron chi connectivity index (χ1n) is 9.61. The van der Waals surface area contributed by atoms with Gasteiger partial charge in [0.1, 0.15) is 5.82 Å². The Morgan fingerprint density at radius 2 is 2.03 bits per heavy atom. The predicted molar refractivity (Wildman–Crippen MR) is 109 cm³/mol. The van der Waals surface area contributed by atoms with Crippen molar-refractivity contribution in [1.29, 1.82) is 0 Å². The number of nitrogens with zero attached hydrogens (tertiary/aromatic N) is 2. The van der Waals surface area contributed by atoms with Gasteiger partial charge in [-0.25, -0.2) is 14.2 Å². The molecule has 0 saturated heterocycles. The first-order chi connectivity index (χ1) is 14.0. The second-order valence-electron chi connectivity index (χ2n) is 7.17. The zero-order valence-corrected chi connectivity index (χ0v) is 17.1. The Labute approximate surface area is 172 Å². The molecule has 1 unspecified atom stereocenters. The van der Waals surface area contributed by atoms with Crippen LogP contribution >= 0.6 is 11.8 Å². The van der Waals surface area contributed by atoms with Crippen molar-refractivity contribution in [3.8, 4) is 0 Å². The maximum atomic E-state index is 13.6. The summed E-state index contributed by atoms with van der Waals surface area (Å²) in [6.07, 6.45) is 2.78. The van der Waals surface area contributed by atoms with E-state index in [1.54, 1.807) is 12.1 Å². The summed E-state index contributed by atoms with van der Waals surface area (Å²) in [6, 6.07) is 5.80. The van der Waals surface area contributed by atoms with E-state index in [1.807, 2.05) is 17.2 Å². The Hall–Kier alpha value is -2.61. The lowest BCUT2D eigenvalue weighted by Crippen LogP contribution is -2.38. The molecule has 152 valence electrons. The Kier molecular flexibility index (Phi) is 5.45. The lowest BCUT2D eigenvalue weighted by Gasteiger charge is -2.36. The van der Waals surface area contributed by atoms with Crippen molar-refractivity contribution < 1.29 is 18.7 Å². The Bertz CT molecular complexity index is 935. The van der Waals surface area contributed by atoms with Crippen LogP contribution in [0.3, 0.4) is 0 Å². The summed E-state index contributed by atoms with van der Waals surface area (Å²) in [6.45, 7) is 1.93. The summed E-state index contributed by atoms with van der Waals surface area (Å²) in [4.78, 5) is 31.7. The fourth-order valence-corrected chi connectivity index (χ4v) is 4.48. The average Bonchev–Trinajstić information content (AvgIpc) is 3.45. The van der Waals surface area contributed by atoms with Crippen molar-refractivity contribution in [3.05, 3.63) is 58.0 Å². The second-order valence-corrected chi connectivity index (χ2v) is 8.01. The molecular formula is C21H22FN3O3S. The predicted octanol–water partition coefficient (Wildman–Crippen LogP) is 3.63. The number of hydrogen-bond donors (Lipinski definition) is 1. The van der Waals surface area contributed by atoms with E-state index >= 15 is 0 Å². The highest BCUT2D eigenvalue weighted by molar-refractivity contribution is 8.16. The molecule has 8 heteroatoms. The molecule has 3 aliphatic rings. The number of benzene rings is 1. The molecule has 1 atom stereocenters. The van der Waals surface area contributed by atoms with E-state index in [1.165, 1.54) is 31.0 Å². The van der Waals surface area contributed by atoms with Crippen LogP contribution in [0.1, 0.15) is 44.2 Å². The quantitative estimate of drug-likeness (QED) is 0.719. The van der Waals surface area contributed by atoms with Crippen molar-refractivity contribution in [1.82, 2.24) is 10.2 Å². The minimum atomic E-state index is -0.527. The average molecular weight is 415 g/mol. The first-order valence-corrected chi connectivity index (χ1v) is 10.5. The molecule has 1 amide bonds. The Balaban J connectivity index is 1.73. The SMILES string of the molecule is CCC1=C(C(=O)OC)C(c2ccc(F)cc2)N2C(CC(=O)NC3CC3)=CSC2=N1. The zero-order chi connectivity index (χ0) is 20.5. The van der Waals surface area contributed by atoms with Crippen LogP contribution in [0.4, 0.5) is 4.39 Å². The topological polar surface area (TPSA) is 71.0 Å². The largest absolute Gasteiger partial charge is 0.466 e. The van der Waals surface area contributed by atoms with Gasteiger partial charge in [0.05, 0.1) is 30.8 Å². The van der Waals surface area contributed by atoms with Gasteiger partial charge < -0.3 is 15.0 Å². The van der Waals surface area contributed by atoms with Crippen molar-refractivity contribution >= 4 is 28.8 Å². The van der Waals surface area contributed by atoms with Crippen molar-refractivity contribution in [2.45, 2.75) is 44.7 Å². The van der Waals surface area contributed by atoms with Crippen molar-refractivity contribution in [2.75, 3.05) is 7.11 Å². The van der Waals surface area contributed by atoms with Crippen LogP contribution in [0.15, 0.2) is 51.6 Å². The summed E-state index contributed by atoms with van der Waals surface area (Å²) >= 11 is 1.43. The van der Waals surface area contributed by atoms with Crippen LogP contribution in [-0.4, -0.2) is 35.1 Å². The Morgan fingerprint density at radius 3 is 2.66 bits per heavy atom. The van der Waals surface area contributed by atoms with Crippen molar-refractivity contribution in [3.63, 3.8) is 0 Å². The zero-order valence-electron chi connectivity index (χ0n) is 16.3. The monoisotopic (exact) mass is 415 g/mol. The van der Waals surface area contributed by atoms with Crippen LogP contribution < -0.4 is 5.32 Å². The number of methoxy groups -OCH3 is 1. The Morgan fingerprint density at radius 1 is 1.31 bits per heavy atom. The summed E-state index contributed by atoms with van der Waals surface area (Å²) in [7, 11) is 1.34. The number of fused-ring (bicyclic) bond motifs is 1. The highest BCUT2D eigenvalue weighted by atomic mass is 32.2. The fourth-order valence-electron chi connectivity index (χ4n) is 3.54. The normalized spacial score (nSPS) is 20.8. The van der Waals surface area contributed by atoms with Gasteiger partial charge in [-0.1, -0.05) is 30.8 Å². The van der Waals surface area contributed by atoms with Gasteiger partial charge in [0.2, 0.25) is 5.91 Å². The van der Waals surface area contributed by atoms with Crippen molar-refractivity contribution in [2.24, 2.45) is 4.99 Å². The third kappa shape index (κ3) is 3.94. The number of amidine groups is 1. The molecule has 4 rings (SSSR count). The van der Waals surface area contributed by atoms with E-state index < -0.39 is 12.0 Å². The molecule has 0 spiro atoms. The highest BCUT2D eigenvalue weighted by Gasteiger charge is 2.41. The number of rotatable bonds is 6. The number of allylic oxidation sites excluding steroid dienone is 1. The minimum absolute atomic E-state index is 0.0525. The number of carbonyl (C=O) groups is 2. The van der Waals surface area contributed by atoms with Crippen LogP contribution in [0.2, 0.25) is 0 Å². The lowest BCUT2D eigenvalue weighted by molar-refractivity contribution is -0.136. The molecule has 6 nitrogen and oxygen atoms in total. The number of amides is 1. The number of halogens is 1. The molecule has 2 aliphatic heterocycles. The molecule has 2 heterocycles. The number of nitrogens with one attached hydrogen (secondary N) is 1. The van der Waals surface area contributed by atoms with Gasteiger partial charge in [0.15, 0.2) is 5.17 Å². The van der Waals surface area contributed by atoms with Crippen LogP contribution in [-0.2, 0) is 14.3 Å². The maximum absolute atomic E-state index is 13.6. The fraction of sp³-hybridized carbons (Fsp3) is 0.381. The van der Waals surface area contributed by atoms with E-state index in [0.29, 0.717) is 22.9 Å². The third-order valence-electron chi connectivity index (χ3n) is 5.10. The van der Waals surface area contributed by atoms with Crippen LogP contribution in [0.5, 0.6) is 0 Å². The lowest BCUT2D eigenvalue weighted by atomic mass is 9.93. The van der Waals surface area contributed by atoms with E-state index in [0.717, 1.165) is 24.1 Å². The first kappa shape index (κ1) is 19.7.